The second-order valence-electron chi connectivity index (χ2n) is 7.70. The lowest BCUT2D eigenvalue weighted by Gasteiger charge is -2.34. The van der Waals surface area contributed by atoms with Gasteiger partial charge in [-0.15, -0.1) is 10.2 Å². The third-order valence-electron chi connectivity index (χ3n) is 5.73. The van der Waals surface area contributed by atoms with Gasteiger partial charge in [-0.2, -0.15) is 0 Å². The number of hydrogen-bond donors (Lipinski definition) is 0. The number of aromatic nitrogens is 2. The zero-order chi connectivity index (χ0) is 20.7. The van der Waals surface area contributed by atoms with Crippen LogP contribution in [-0.4, -0.2) is 41.8 Å². The molecular weight excluding hydrogens is 385 g/mol. The topological polar surface area (TPSA) is 64.5 Å². The minimum Gasteiger partial charge on any atom is -0.497 e. The van der Waals surface area contributed by atoms with Crippen molar-refractivity contribution in [2.24, 2.45) is 0 Å². The van der Waals surface area contributed by atoms with Crippen LogP contribution in [0.3, 0.4) is 0 Å². The number of ketones is 1. The number of carbonyl (C=O) groups is 1. The van der Waals surface area contributed by atoms with Crippen molar-refractivity contribution in [3.63, 3.8) is 0 Å². The number of rotatable bonds is 3. The quantitative estimate of drug-likeness (QED) is 0.658. The van der Waals surface area contributed by atoms with Gasteiger partial charge in [0.25, 0.3) is 0 Å². The molecule has 1 spiro atoms. The molecule has 3 heterocycles. The molecule has 2 aliphatic heterocycles. The average Bonchev–Trinajstić information content (AvgIpc) is 3.17. The summed E-state index contributed by atoms with van der Waals surface area (Å²) in [6.45, 7) is 1.29. The maximum absolute atomic E-state index is 13.1. The Morgan fingerprint density at radius 3 is 2.67 bits per heavy atom. The van der Waals surface area contributed by atoms with Gasteiger partial charge in [0.2, 0.25) is 0 Å². The van der Waals surface area contributed by atoms with E-state index in [0.717, 1.165) is 24.3 Å². The highest BCUT2D eigenvalue weighted by atomic mass is 19.1. The van der Waals surface area contributed by atoms with Crippen LogP contribution in [-0.2, 0) is 0 Å². The summed E-state index contributed by atoms with van der Waals surface area (Å²) >= 11 is 0. The van der Waals surface area contributed by atoms with E-state index in [4.69, 9.17) is 9.47 Å². The van der Waals surface area contributed by atoms with Crippen LogP contribution in [0.1, 0.15) is 23.2 Å². The van der Waals surface area contributed by atoms with Crippen molar-refractivity contribution in [2.75, 3.05) is 25.1 Å². The Morgan fingerprint density at radius 1 is 1.10 bits per heavy atom. The van der Waals surface area contributed by atoms with Gasteiger partial charge in [-0.25, -0.2) is 4.39 Å². The van der Waals surface area contributed by atoms with Gasteiger partial charge in [-0.3, -0.25) is 4.79 Å². The molecule has 1 aromatic heterocycles. The molecule has 6 nitrogen and oxygen atoms in total. The number of anilines is 1. The number of carbonyl (C=O) groups excluding carboxylic acids is 1. The molecule has 1 atom stereocenters. The third kappa shape index (κ3) is 3.26. The lowest BCUT2D eigenvalue weighted by atomic mass is 9.89. The molecule has 0 saturated carbocycles. The standard InChI is InChI=1S/C23H20FN3O3/c1-29-17-6-8-21-18(12-17)20(28)13-23(30-21)10-11-27(14-23)22-9-7-19(25-26-22)15-2-4-16(24)5-3-15/h2-9,12H,10-11,13-14H2,1H3. The summed E-state index contributed by atoms with van der Waals surface area (Å²) in [5.41, 5.74) is 1.50. The van der Waals surface area contributed by atoms with Crippen molar-refractivity contribution in [3.05, 3.63) is 66.0 Å². The summed E-state index contributed by atoms with van der Waals surface area (Å²) in [6.07, 6.45) is 1.05. The van der Waals surface area contributed by atoms with Crippen LogP contribution in [0.2, 0.25) is 0 Å². The fourth-order valence-corrected chi connectivity index (χ4v) is 4.14. The van der Waals surface area contributed by atoms with E-state index < -0.39 is 5.60 Å². The van der Waals surface area contributed by atoms with Gasteiger partial charge in [0.05, 0.1) is 31.3 Å². The van der Waals surface area contributed by atoms with Crippen LogP contribution >= 0.6 is 0 Å². The van der Waals surface area contributed by atoms with Crippen molar-refractivity contribution in [1.82, 2.24) is 10.2 Å². The first kappa shape index (κ1) is 18.5. The van der Waals surface area contributed by atoms with Crippen molar-refractivity contribution in [3.8, 4) is 22.8 Å². The predicted molar refractivity (Wildman–Crippen MR) is 110 cm³/mol. The zero-order valence-corrected chi connectivity index (χ0v) is 16.5. The molecule has 2 aromatic carbocycles. The van der Waals surface area contributed by atoms with Gasteiger partial charge in [0.1, 0.15) is 22.9 Å². The number of Topliss-reactive ketones (excluding diaryl/α,β-unsaturated/α-hetero) is 1. The maximum atomic E-state index is 13.1. The van der Waals surface area contributed by atoms with Crippen LogP contribution in [0.25, 0.3) is 11.3 Å². The smallest absolute Gasteiger partial charge is 0.170 e. The summed E-state index contributed by atoms with van der Waals surface area (Å²) < 4.78 is 24.6. The molecule has 2 aliphatic rings. The average molecular weight is 405 g/mol. The molecule has 3 aromatic rings. The molecule has 0 aliphatic carbocycles. The molecular formula is C23H20FN3O3. The molecule has 1 unspecified atom stereocenters. The molecule has 0 radical (unpaired) electrons. The second kappa shape index (κ2) is 7.09. The van der Waals surface area contributed by atoms with E-state index in [-0.39, 0.29) is 11.6 Å². The summed E-state index contributed by atoms with van der Waals surface area (Å²) in [6, 6.07) is 15.3. The molecule has 5 rings (SSSR count). The fourth-order valence-electron chi connectivity index (χ4n) is 4.14. The van der Waals surface area contributed by atoms with Crippen molar-refractivity contribution in [2.45, 2.75) is 18.4 Å². The number of hydrogen-bond acceptors (Lipinski definition) is 6. The van der Waals surface area contributed by atoms with Crippen LogP contribution in [0.15, 0.2) is 54.6 Å². The van der Waals surface area contributed by atoms with Crippen molar-refractivity contribution >= 4 is 11.6 Å². The Kier molecular flexibility index (Phi) is 4.38. The highest BCUT2D eigenvalue weighted by Crippen LogP contribution is 2.40. The maximum Gasteiger partial charge on any atom is 0.170 e. The fraction of sp³-hybridized carbons (Fsp3) is 0.261. The summed E-state index contributed by atoms with van der Waals surface area (Å²) in [5, 5.41) is 8.64. The first-order valence-electron chi connectivity index (χ1n) is 9.80. The number of halogens is 1. The molecule has 0 bridgehead atoms. The summed E-state index contributed by atoms with van der Waals surface area (Å²) in [4.78, 5) is 14.9. The minimum atomic E-state index is -0.560. The van der Waals surface area contributed by atoms with Gasteiger partial charge in [-0.05, 0) is 54.6 Å². The Hall–Kier alpha value is -3.48. The monoisotopic (exact) mass is 405 g/mol. The number of benzene rings is 2. The largest absolute Gasteiger partial charge is 0.497 e. The van der Waals surface area contributed by atoms with Gasteiger partial charge in [0.15, 0.2) is 11.6 Å². The predicted octanol–water partition coefficient (Wildman–Crippen LogP) is 3.91. The third-order valence-corrected chi connectivity index (χ3v) is 5.73. The second-order valence-corrected chi connectivity index (χ2v) is 7.70. The molecule has 0 amide bonds. The number of ether oxygens (including phenoxy) is 2. The Bertz CT molecular complexity index is 1100. The first-order chi connectivity index (χ1) is 14.5. The lowest BCUT2D eigenvalue weighted by molar-refractivity contribution is 0.0537. The van der Waals surface area contributed by atoms with E-state index in [1.165, 1.54) is 12.1 Å². The van der Waals surface area contributed by atoms with Crippen molar-refractivity contribution in [1.29, 1.82) is 0 Å². The SMILES string of the molecule is COc1ccc2c(c1)C(=O)CC1(CCN(c3ccc(-c4ccc(F)cc4)nn3)C1)O2. The number of methoxy groups -OCH3 is 1. The summed E-state index contributed by atoms with van der Waals surface area (Å²) in [5.74, 6) is 1.76. The van der Waals surface area contributed by atoms with Gasteiger partial charge < -0.3 is 14.4 Å². The summed E-state index contributed by atoms with van der Waals surface area (Å²) in [7, 11) is 1.58. The van der Waals surface area contributed by atoms with E-state index in [0.29, 0.717) is 35.7 Å². The molecule has 152 valence electrons. The van der Waals surface area contributed by atoms with Crippen LogP contribution in [0, 0.1) is 5.82 Å². The Morgan fingerprint density at radius 2 is 1.93 bits per heavy atom. The van der Waals surface area contributed by atoms with E-state index >= 15 is 0 Å². The number of nitrogens with zero attached hydrogens (tertiary/aromatic N) is 3. The molecule has 1 saturated heterocycles. The van der Waals surface area contributed by atoms with Crippen LogP contribution < -0.4 is 14.4 Å². The molecule has 30 heavy (non-hydrogen) atoms. The van der Waals surface area contributed by atoms with E-state index in [1.807, 2.05) is 12.1 Å². The van der Waals surface area contributed by atoms with E-state index in [2.05, 4.69) is 15.1 Å². The number of fused-ring (bicyclic) bond motifs is 1. The van der Waals surface area contributed by atoms with E-state index in [1.54, 1.807) is 37.4 Å². The molecule has 0 N–H and O–H groups in total. The van der Waals surface area contributed by atoms with Gasteiger partial charge in [-0.1, -0.05) is 0 Å². The molecule has 7 heteroatoms. The minimum absolute atomic E-state index is 0.0646. The first-order valence-corrected chi connectivity index (χ1v) is 9.80. The highest BCUT2D eigenvalue weighted by molar-refractivity contribution is 6.00. The lowest BCUT2D eigenvalue weighted by Crippen LogP contribution is -2.44. The Balaban J connectivity index is 1.34. The molecule has 1 fully saturated rings. The Labute approximate surface area is 173 Å². The van der Waals surface area contributed by atoms with Gasteiger partial charge in [0, 0.05) is 18.5 Å². The van der Waals surface area contributed by atoms with Crippen LogP contribution in [0.4, 0.5) is 10.2 Å². The zero-order valence-electron chi connectivity index (χ0n) is 16.5. The normalized spacial score (nSPS) is 20.2. The van der Waals surface area contributed by atoms with Crippen LogP contribution in [0.5, 0.6) is 11.5 Å². The highest BCUT2D eigenvalue weighted by Gasteiger charge is 2.46. The van der Waals surface area contributed by atoms with Crippen molar-refractivity contribution < 1.29 is 18.7 Å². The van der Waals surface area contributed by atoms with E-state index in [9.17, 15) is 9.18 Å². The van der Waals surface area contributed by atoms with Gasteiger partial charge >= 0.3 is 0 Å².